The van der Waals surface area contributed by atoms with Crippen molar-refractivity contribution in [1.82, 2.24) is 0 Å². The number of halogens is 5. The normalized spacial score (nSPS) is 11.5. The Balaban J connectivity index is 2.11. The van der Waals surface area contributed by atoms with Crippen LogP contribution >= 0.6 is 27.3 Å². The number of ketones is 1. The molecule has 2 aromatic rings. The van der Waals surface area contributed by atoms with E-state index < -0.39 is 24.2 Å². The molecular weight excluding hydrogens is 376 g/mol. The number of Topliss-reactive ketones (excluding diaryl/α,β-unsaturated/α-hetero) is 1. The van der Waals surface area contributed by atoms with Crippen molar-refractivity contribution in [1.29, 1.82) is 0 Å². The Hall–Kier alpha value is -1.41. The fourth-order valence-corrected chi connectivity index (χ4v) is 3.04. The molecule has 2 rings (SSSR count). The summed E-state index contributed by atoms with van der Waals surface area (Å²) in [4.78, 5) is 12.2. The van der Waals surface area contributed by atoms with Crippen molar-refractivity contribution in [2.45, 2.75) is 6.18 Å². The Morgan fingerprint density at radius 3 is 2.57 bits per heavy atom. The zero-order chi connectivity index (χ0) is 15.6. The number of carbonyl (C=O) groups excluding carboxylic acids is 1. The van der Waals surface area contributed by atoms with E-state index >= 15 is 0 Å². The van der Waals surface area contributed by atoms with E-state index in [0.29, 0.717) is 21.5 Å². The van der Waals surface area contributed by atoms with E-state index in [1.165, 1.54) is 11.3 Å². The van der Waals surface area contributed by atoms with Crippen molar-refractivity contribution < 1.29 is 27.1 Å². The lowest BCUT2D eigenvalue weighted by Gasteiger charge is -2.10. The van der Waals surface area contributed by atoms with Gasteiger partial charge in [-0.05, 0) is 45.6 Å². The fourth-order valence-electron chi connectivity index (χ4n) is 1.52. The van der Waals surface area contributed by atoms with Gasteiger partial charge in [0, 0.05) is 4.47 Å². The van der Waals surface area contributed by atoms with Gasteiger partial charge < -0.3 is 4.74 Å². The minimum atomic E-state index is -4.82. The Morgan fingerprint density at radius 2 is 2.00 bits per heavy atom. The summed E-state index contributed by atoms with van der Waals surface area (Å²) < 4.78 is 56.3. The van der Waals surface area contributed by atoms with Crippen molar-refractivity contribution >= 4 is 33.0 Å². The molecular formula is C13H7BrF4O2S. The third-order valence-corrected chi connectivity index (χ3v) is 4.36. The summed E-state index contributed by atoms with van der Waals surface area (Å²) in [6.45, 7) is -0.429. The molecule has 0 saturated heterocycles. The molecule has 0 N–H and O–H groups in total. The van der Waals surface area contributed by atoms with Crippen molar-refractivity contribution in [3.8, 4) is 5.75 Å². The van der Waals surface area contributed by atoms with Crippen LogP contribution in [0.2, 0.25) is 0 Å². The first-order valence-electron chi connectivity index (χ1n) is 5.55. The van der Waals surface area contributed by atoms with Gasteiger partial charge in [-0.25, -0.2) is 4.39 Å². The summed E-state index contributed by atoms with van der Waals surface area (Å²) in [5.41, 5.74) is -1.43. The Labute approximate surface area is 129 Å². The van der Waals surface area contributed by atoms with Gasteiger partial charge in [0.1, 0.15) is 11.6 Å². The number of benzene rings is 1. The number of rotatable bonds is 4. The largest absolute Gasteiger partial charge is 0.485 e. The first-order valence-corrected chi connectivity index (χ1v) is 7.22. The van der Waals surface area contributed by atoms with Gasteiger partial charge in [-0.1, -0.05) is 0 Å². The molecule has 0 aliphatic carbocycles. The van der Waals surface area contributed by atoms with Crippen LogP contribution in [0.15, 0.2) is 34.1 Å². The fraction of sp³-hybridized carbons (Fsp3) is 0.154. The first kappa shape index (κ1) is 16.0. The van der Waals surface area contributed by atoms with E-state index in [9.17, 15) is 22.4 Å². The van der Waals surface area contributed by atoms with Gasteiger partial charge in [0.15, 0.2) is 6.61 Å². The second-order valence-corrected chi connectivity index (χ2v) is 5.72. The minimum Gasteiger partial charge on any atom is -0.485 e. The van der Waals surface area contributed by atoms with Gasteiger partial charge >= 0.3 is 6.18 Å². The van der Waals surface area contributed by atoms with Gasteiger partial charge in [0.05, 0.1) is 10.4 Å². The van der Waals surface area contributed by atoms with E-state index in [2.05, 4.69) is 15.9 Å². The zero-order valence-electron chi connectivity index (χ0n) is 10.2. The number of carbonyl (C=O) groups is 1. The summed E-state index contributed by atoms with van der Waals surface area (Å²) in [6, 6.07) is 3.91. The van der Waals surface area contributed by atoms with Crippen LogP contribution < -0.4 is 4.74 Å². The lowest BCUT2D eigenvalue weighted by atomic mass is 10.2. The summed E-state index contributed by atoms with van der Waals surface area (Å²) in [5.74, 6) is -1.98. The second-order valence-electron chi connectivity index (χ2n) is 3.95. The third-order valence-electron chi connectivity index (χ3n) is 2.48. The number of ether oxygens (including phenoxy) is 1. The first-order chi connectivity index (χ1) is 9.79. The van der Waals surface area contributed by atoms with Crippen LogP contribution in [0, 0.1) is 5.82 Å². The quantitative estimate of drug-likeness (QED) is 0.553. The molecule has 0 atom stereocenters. The van der Waals surface area contributed by atoms with E-state index in [0.717, 1.165) is 6.07 Å². The van der Waals surface area contributed by atoms with Crippen molar-refractivity contribution in [2.24, 2.45) is 0 Å². The van der Waals surface area contributed by atoms with Crippen LogP contribution in [-0.2, 0) is 6.18 Å². The highest BCUT2D eigenvalue weighted by molar-refractivity contribution is 9.10. The molecule has 8 heteroatoms. The molecule has 0 radical (unpaired) electrons. The van der Waals surface area contributed by atoms with Gasteiger partial charge in [-0.2, -0.15) is 13.2 Å². The predicted molar refractivity (Wildman–Crippen MR) is 73.2 cm³/mol. The number of hydrogen-bond acceptors (Lipinski definition) is 3. The van der Waals surface area contributed by atoms with Crippen molar-refractivity contribution in [2.75, 3.05) is 6.61 Å². The molecule has 1 aromatic carbocycles. The Morgan fingerprint density at radius 1 is 1.29 bits per heavy atom. The van der Waals surface area contributed by atoms with Crippen molar-refractivity contribution in [3.05, 3.63) is 50.4 Å². The predicted octanol–water partition coefficient (Wildman–Crippen LogP) is 4.93. The Kier molecular flexibility index (Phi) is 4.67. The van der Waals surface area contributed by atoms with E-state index in [1.807, 2.05) is 0 Å². The summed E-state index contributed by atoms with van der Waals surface area (Å²) in [6.07, 6.45) is -4.82. The molecule has 0 saturated carbocycles. The topological polar surface area (TPSA) is 26.3 Å². The molecule has 21 heavy (non-hydrogen) atoms. The number of hydrogen-bond donors (Lipinski definition) is 0. The van der Waals surface area contributed by atoms with Gasteiger partial charge in [0.25, 0.3) is 0 Å². The monoisotopic (exact) mass is 382 g/mol. The van der Waals surface area contributed by atoms with Crippen LogP contribution in [0.1, 0.15) is 15.2 Å². The van der Waals surface area contributed by atoms with Crippen LogP contribution in [0.3, 0.4) is 0 Å². The molecule has 1 heterocycles. The highest BCUT2D eigenvalue weighted by atomic mass is 79.9. The van der Waals surface area contributed by atoms with Crippen LogP contribution in [0.5, 0.6) is 5.75 Å². The lowest BCUT2D eigenvalue weighted by molar-refractivity contribution is -0.140. The van der Waals surface area contributed by atoms with Crippen LogP contribution in [0.25, 0.3) is 0 Å². The Bertz CT molecular complexity index is 666. The molecule has 0 unspecified atom stereocenters. The summed E-state index contributed by atoms with van der Waals surface area (Å²) in [7, 11) is 0. The minimum absolute atomic E-state index is 0.218. The summed E-state index contributed by atoms with van der Waals surface area (Å²) in [5, 5.41) is 1.69. The maximum Gasteiger partial charge on any atom is 0.419 e. The highest BCUT2D eigenvalue weighted by Crippen LogP contribution is 2.33. The molecule has 0 amide bonds. The van der Waals surface area contributed by atoms with E-state index in [4.69, 9.17) is 4.74 Å². The maximum atomic E-state index is 13.1. The van der Waals surface area contributed by atoms with Gasteiger partial charge in [0.2, 0.25) is 5.78 Å². The number of thiophene rings is 1. The number of alkyl halides is 3. The SMILES string of the molecule is O=C(COc1ccc(F)c(C(F)(F)F)c1)c1sccc1Br. The second kappa shape index (κ2) is 6.15. The lowest BCUT2D eigenvalue weighted by Crippen LogP contribution is -2.12. The standard InChI is InChI=1S/C13H7BrF4O2S/c14-9-3-4-21-12(9)11(19)6-20-7-1-2-10(15)8(5-7)13(16,17)18/h1-5H,6H2. The molecule has 0 spiro atoms. The molecule has 2 nitrogen and oxygen atoms in total. The van der Waals surface area contributed by atoms with E-state index in [-0.39, 0.29) is 11.5 Å². The maximum absolute atomic E-state index is 13.1. The third kappa shape index (κ3) is 3.82. The zero-order valence-corrected chi connectivity index (χ0v) is 12.6. The van der Waals surface area contributed by atoms with Gasteiger partial charge in [-0.3, -0.25) is 4.79 Å². The molecule has 0 fully saturated rings. The molecule has 0 aliphatic heterocycles. The van der Waals surface area contributed by atoms with Crippen molar-refractivity contribution in [3.63, 3.8) is 0 Å². The average Bonchev–Trinajstić information content (AvgIpc) is 2.82. The molecule has 112 valence electrons. The van der Waals surface area contributed by atoms with Crippen LogP contribution in [-0.4, -0.2) is 12.4 Å². The molecule has 0 bridgehead atoms. The average molecular weight is 383 g/mol. The smallest absolute Gasteiger partial charge is 0.419 e. The van der Waals surface area contributed by atoms with Crippen LogP contribution in [0.4, 0.5) is 17.6 Å². The van der Waals surface area contributed by atoms with E-state index in [1.54, 1.807) is 11.4 Å². The molecule has 1 aromatic heterocycles. The summed E-state index contributed by atoms with van der Waals surface area (Å²) >= 11 is 4.36. The van der Waals surface area contributed by atoms with Gasteiger partial charge in [-0.15, -0.1) is 11.3 Å². The highest BCUT2D eigenvalue weighted by Gasteiger charge is 2.34. The molecule has 0 aliphatic rings.